The number of nitrogens with zero attached hydrogens (tertiary/aromatic N) is 1. The smallest absolute Gasteiger partial charge is 0.197 e. The molecule has 33 heavy (non-hydrogen) atoms. The Morgan fingerprint density at radius 3 is 2.36 bits per heavy atom. The molecule has 1 fully saturated rings. The topological polar surface area (TPSA) is 81.4 Å². The first kappa shape index (κ1) is 23.1. The van der Waals surface area contributed by atoms with Crippen LogP contribution in [0.3, 0.4) is 0 Å². The van der Waals surface area contributed by atoms with E-state index in [9.17, 15) is 9.90 Å². The van der Waals surface area contributed by atoms with E-state index in [0.29, 0.717) is 34.8 Å². The number of methoxy groups -OCH3 is 2. The number of fused-ring (bicyclic) bond motifs is 1. The van der Waals surface area contributed by atoms with Gasteiger partial charge in [0.05, 0.1) is 14.2 Å². The van der Waals surface area contributed by atoms with E-state index in [0.717, 1.165) is 35.5 Å². The third-order valence-electron chi connectivity index (χ3n) is 6.06. The number of aliphatic hydroxyl groups excluding tert-OH is 1. The summed E-state index contributed by atoms with van der Waals surface area (Å²) in [5.41, 5.74) is 2.80. The summed E-state index contributed by atoms with van der Waals surface area (Å²) in [7, 11) is 3.06. The molecule has 176 valence electrons. The van der Waals surface area contributed by atoms with Gasteiger partial charge in [-0.25, -0.2) is 0 Å². The van der Waals surface area contributed by atoms with Gasteiger partial charge in [-0.05, 0) is 63.0 Å². The minimum Gasteiger partial charge on any atom is -0.496 e. The highest BCUT2D eigenvalue weighted by molar-refractivity contribution is 5.86. The summed E-state index contributed by atoms with van der Waals surface area (Å²) in [4.78, 5) is 15.1. The number of ether oxygens (including phenoxy) is 3. The zero-order chi connectivity index (χ0) is 23.5. The van der Waals surface area contributed by atoms with Gasteiger partial charge >= 0.3 is 0 Å². The molecule has 1 aliphatic rings. The minimum atomic E-state index is -0.537. The van der Waals surface area contributed by atoms with Crippen molar-refractivity contribution in [2.24, 2.45) is 0 Å². The molecule has 7 heteroatoms. The number of hydrogen-bond acceptors (Lipinski definition) is 7. The molecule has 1 atom stereocenters. The minimum absolute atomic E-state index is 0.188. The molecule has 7 nitrogen and oxygen atoms in total. The standard InChI is InChI=1S/C26H31NO6/c1-16-9-18(10-17(2)26(16)32-15-19(28)14-27-7-5-6-8-27)22-13-21(29)25-23(31-4)11-20(30-3)12-24(25)33-22/h9-13,19,28H,5-8,14-15H2,1-4H3/t19-/m1/s1. The summed E-state index contributed by atoms with van der Waals surface area (Å²) < 4.78 is 22.7. The molecule has 0 bridgehead atoms. The van der Waals surface area contributed by atoms with Gasteiger partial charge in [0, 0.05) is 30.3 Å². The third-order valence-corrected chi connectivity index (χ3v) is 6.06. The van der Waals surface area contributed by atoms with Crippen molar-refractivity contribution in [2.75, 3.05) is 40.5 Å². The van der Waals surface area contributed by atoms with Gasteiger partial charge < -0.3 is 28.6 Å². The highest BCUT2D eigenvalue weighted by Gasteiger charge is 2.18. The Morgan fingerprint density at radius 1 is 1.03 bits per heavy atom. The molecule has 0 saturated carbocycles. The molecule has 2 heterocycles. The second kappa shape index (κ2) is 9.85. The summed E-state index contributed by atoms with van der Waals surface area (Å²) in [5, 5.41) is 10.7. The maximum Gasteiger partial charge on any atom is 0.197 e. The SMILES string of the molecule is COc1cc(OC)c2c(=O)cc(-c3cc(C)c(OC[C@H](O)CN4CCCC4)c(C)c3)oc2c1. The molecule has 0 unspecified atom stereocenters. The van der Waals surface area contributed by atoms with E-state index < -0.39 is 6.10 Å². The molecule has 0 aliphatic carbocycles. The van der Waals surface area contributed by atoms with Gasteiger partial charge in [-0.15, -0.1) is 0 Å². The summed E-state index contributed by atoms with van der Waals surface area (Å²) in [6, 6.07) is 8.68. The molecule has 1 N–H and O–H groups in total. The van der Waals surface area contributed by atoms with Crippen LogP contribution >= 0.6 is 0 Å². The Morgan fingerprint density at radius 2 is 1.73 bits per heavy atom. The van der Waals surface area contributed by atoms with Gasteiger partial charge in [-0.3, -0.25) is 4.79 Å². The number of aryl methyl sites for hydroxylation is 2. The lowest BCUT2D eigenvalue weighted by molar-refractivity contribution is 0.0753. The number of benzene rings is 2. The number of aliphatic hydroxyl groups is 1. The molecule has 0 spiro atoms. The van der Waals surface area contributed by atoms with Crippen molar-refractivity contribution >= 4 is 11.0 Å². The van der Waals surface area contributed by atoms with Crippen LogP contribution in [-0.4, -0.2) is 56.6 Å². The van der Waals surface area contributed by atoms with Gasteiger partial charge in [0.1, 0.15) is 46.7 Å². The Balaban J connectivity index is 1.60. The Kier molecular flexibility index (Phi) is 6.91. The van der Waals surface area contributed by atoms with E-state index in [2.05, 4.69) is 4.90 Å². The molecule has 0 amide bonds. The zero-order valence-corrected chi connectivity index (χ0v) is 19.6. The van der Waals surface area contributed by atoms with Crippen molar-refractivity contribution in [3.8, 4) is 28.6 Å². The van der Waals surface area contributed by atoms with Crippen molar-refractivity contribution in [3.63, 3.8) is 0 Å². The molecule has 0 radical (unpaired) electrons. The van der Waals surface area contributed by atoms with E-state index in [1.54, 1.807) is 19.2 Å². The average molecular weight is 454 g/mol. The van der Waals surface area contributed by atoms with Crippen LogP contribution in [0.5, 0.6) is 17.2 Å². The summed E-state index contributed by atoms with van der Waals surface area (Å²) >= 11 is 0. The lowest BCUT2D eigenvalue weighted by atomic mass is 10.0. The fraction of sp³-hybridized carbons (Fsp3) is 0.423. The molecular weight excluding hydrogens is 422 g/mol. The predicted molar refractivity (Wildman–Crippen MR) is 128 cm³/mol. The van der Waals surface area contributed by atoms with Crippen LogP contribution < -0.4 is 19.6 Å². The monoisotopic (exact) mass is 453 g/mol. The highest BCUT2D eigenvalue weighted by atomic mass is 16.5. The molecule has 4 rings (SSSR count). The van der Waals surface area contributed by atoms with Crippen LogP contribution in [0, 0.1) is 13.8 Å². The predicted octanol–water partition coefficient (Wildman–Crippen LogP) is 3.93. The first-order valence-corrected chi connectivity index (χ1v) is 11.2. The van der Waals surface area contributed by atoms with Gasteiger partial charge in [0.15, 0.2) is 5.43 Å². The van der Waals surface area contributed by atoms with Crippen LogP contribution in [0.15, 0.2) is 39.5 Å². The quantitative estimate of drug-likeness (QED) is 0.553. The van der Waals surface area contributed by atoms with Crippen LogP contribution in [0.2, 0.25) is 0 Å². The van der Waals surface area contributed by atoms with Gasteiger partial charge in [-0.1, -0.05) is 0 Å². The summed E-state index contributed by atoms with van der Waals surface area (Å²) in [5.74, 6) is 2.15. The molecular formula is C26H31NO6. The lowest BCUT2D eigenvalue weighted by Crippen LogP contribution is -2.33. The molecule has 1 aliphatic heterocycles. The second-order valence-electron chi connectivity index (χ2n) is 8.59. The first-order chi connectivity index (χ1) is 15.9. The van der Waals surface area contributed by atoms with Crippen LogP contribution in [-0.2, 0) is 0 Å². The average Bonchev–Trinajstić information content (AvgIpc) is 3.30. The number of likely N-dealkylation sites (tertiary alicyclic amines) is 1. The number of rotatable bonds is 8. The summed E-state index contributed by atoms with van der Waals surface area (Å²) in [6.07, 6.45) is 1.85. The summed E-state index contributed by atoms with van der Waals surface area (Å²) in [6.45, 7) is 6.85. The van der Waals surface area contributed by atoms with Crippen molar-refractivity contribution in [2.45, 2.75) is 32.8 Å². The van der Waals surface area contributed by atoms with E-state index in [1.807, 2.05) is 26.0 Å². The molecule has 1 aromatic heterocycles. The molecule has 3 aromatic rings. The van der Waals surface area contributed by atoms with E-state index in [-0.39, 0.29) is 12.0 Å². The van der Waals surface area contributed by atoms with Crippen molar-refractivity contribution in [1.82, 2.24) is 4.90 Å². The van der Waals surface area contributed by atoms with Gasteiger partial charge in [-0.2, -0.15) is 0 Å². The van der Waals surface area contributed by atoms with Crippen molar-refractivity contribution in [1.29, 1.82) is 0 Å². The number of hydrogen-bond donors (Lipinski definition) is 1. The van der Waals surface area contributed by atoms with Gasteiger partial charge in [0.2, 0.25) is 0 Å². The van der Waals surface area contributed by atoms with Gasteiger partial charge in [0.25, 0.3) is 0 Å². The highest BCUT2D eigenvalue weighted by Crippen LogP contribution is 2.34. The molecule has 2 aromatic carbocycles. The van der Waals surface area contributed by atoms with Crippen LogP contribution in [0.1, 0.15) is 24.0 Å². The normalized spacial score (nSPS) is 15.1. The van der Waals surface area contributed by atoms with E-state index in [1.165, 1.54) is 26.0 Å². The Hall–Kier alpha value is -3.03. The Labute approximate surface area is 193 Å². The largest absolute Gasteiger partial charge is 0.496 e. The van der Waals surface area contributed by atoms with Crippen molar-refractivity contribution in [3.05, 3.63) is 51.7 Å². The fourth-order valence-electron chi connectivity index (χ4n) is 4.47. The van der Waals surface area contributed by atoms with Crippen LogP contribution in [0.25, 0.3) is 22.3 Å². The maximum absolute atomic E-state index is 12.9. The lowest BCUT2D eigenvalue weighted by Gasteiger charge is -2.21. The maximum atomic E-state index is 12.9. The number of β-amino-alcohol motifs (C(OH)–C–C–N with tert-alkyl or cyclic N) is 1. The third kappa shape index (κ3) is 4.99. The van der Waals surface area contributed by atoms with Crippen LogP contribution in [0.4, 0.5) is 0 Å². The van der Waals surface area contributed by atoms with E-state index >= 15 is 0 Å². The molecule has 1 saturated heterocycles. The Bertz CT molecular complexity index is 1170. The second-order valence-corrected chi connectivity index (χ2v) is 8.59. The fourth-order valence-corrected chi connectivity index (χ4v) is 4.47. The van der Waals surface area contributed by atoms with Crippen molar-refractivity contribution < 1.29 is 23.7 Å². The zero-order valence-electron chi connectivity index (χ0n) is 19.6. The van der Waals surface area contributed by atoms with E-state index in [4.69, 9.17) is 18.6 Å². The first-order valence-electron chi connectivity index (χ1n) is 11.2.